The molecule has 1 aromatic heterocycles. The lowest BCUT2D eigenvalue weighted by molar-refractivity contribution is 1.29. The molecule has 0 saturated carbocycles. The smallest absolute Gasteiger partial charge is 0.0707 e. The maximum absolute atomic E-state index is 8.39. The van der Waals surface area contributed by atoms with Gasteiger partial charge in [0.1, 0.15) is 0 Å². The van der Waals surface area contributed by atoms with Gasteiger partial charge in [-0.15, -0.1) is 11.3 Å². The first-order valence-corrected chi connectivity index (χ1v) is 4.52. The van der Waals surface area contributed by atoms with Crippen molar-refractivity contribution in [2.75, 3.05) is 0 Å². The van der Waals surface area contributed by atoms with Gasteiger partial charge in [-0.3, -0.25) is 0 Å². The first-order chi connectivity index (χ1) is 4.75. The van der Waals surface area contributed by atoms with Crippen molar-refractivity contribution in [2.45, 2.75) is 13.3 Å². The Balaban J connectivity index is 2.96. The third-order valence-electron chi connectivity index (χ3n) is 1.21. The van der Waals surface area contributed by atoms with Gasteiger partial charge in [0.25, 0.3) is 0 Å². The van der Waals surface area contributed by atoms with Crippen LogP contribution in [-0.4, -0.2) is 0 Å². The van der Waals surface area contributed by atoms with Crippen LogP contribution in [-0.2, 0) is 6.42 Å². The topological polar surface area (TPSA) is 23.8 Å². The molecule has 10 heavy (non-hydrogen) atoms. The summed E-state index contributed by atoms with van der Waals surface area (Å²) in [7, 11) is 0. The van der Waals surface area contributed by atoms with E-state index >= 15 is 0 Å². The minimum Gasteiger partial charge on any atom is -0.198 e. The highest BCUT2D eigenvalue weighted by molar-refractivity contribution is 9.10. The number of halogens is 1. The molecular formula is C7H6BrNS. The molecule has 0 amide bonds. The van der Waals surface area contributed by atoms with Gasteiger partial charge >= 0.3 is 0 Å². The third-order valence-corrected chi connectivity index (χ3v) is 3.68. The molecule has 3 heteroatoms. The molecule has 1 nitrogen and oxygen atoms in total. The summed E-state index contributed by atoms with van der Waals surface area (Å²) in [6.07, 6.45) is 0.513. The van der Waals surface area contributed by atoms with Crippen LogP contribution in [0.3, 0.4) is 0 Å². The lowest BCUT2D eigenvalue weighted by Gasteiger charge is -1.88. The summed E-state index contributed by atoms with van der Waals surface area (Å²) in [5, 5.41) is 10.4. The maximum Gasteiger partial charge on any atom is 0.0707 e. The molecule has 0 saturated heterocycles. The Morgan fingerprint density at radius 2 is 2.50 bits per heavy atom. The van der Waals surface area contributed by atoms with Crippen LogP contribution in [0.15, 0.2) is 9.85 Å². The normalized spacial score (nSPS) is 9.30. The largest absolute Gasteiger partial charge is 0.198 e. The second-order valence-corrected chi connectivity index (χ2v) is 3.75. The van der Waals surface area contributed by atoms with Gasteiger partial charge in [0.15, 0.2) is 0 Å². The van der Waals surface area contributed by atoms with Gasteiger partial charge in [-0.1, -0.05) is 0 Å². The Hall–Kier alpha value is -0.330. The Labute approximate surface area is 72.4 Å². The molecule has 0 bridgehead atoms. The number of hydrogen-bond donors (Lipinski definition) is 0. The van der Waals surface area contributed by atoms with E-state index in [9.17, 15) is 0 Å². The summed E-state index contributed by atoms with van der Waals surface area (Å²) >= 11 is 5.04. The van der Waals surface area contributed by atoms with Crippen molar-refractivity contribution in [2.24, 2.45) is 0 Å². The number of thiophene rings is 1. The van der Waals surface area contributed by atoms with E-state index in [1.165, 1.54) is 5.56 Å². The third kappa shape index (κ3) is 1.39. The highest BCUT2D eigenvalue weighted by atomic mass is 79.9. The molecule has 0 spiro atoms. The highest BCUT2D eigenvalue weighted by Crippen LogP contribution is 2.27. The summed E-state index contributed by atoms with van der Waals surface area (Å²) in [5.41, 5.74) is 1.22. The van der Waals surface area contributed by atoms with Gasteiger partial charge in [0.05, 0.1) is 12.5 Å². The zero-order valence-corrected chi connectivity index (χ0v) is 7.92. The van der Waals surface area contributed by atoms with Crippen molar-refractivity contribution in [1.29, 1.82) is 5.26 Å². The van der Waals surface area contributed by atoms with Crippen LogP contribution in [0.4, 0.5) is 0 Å². The fourth-order valence-corrected chi connectivity index (χ4v) is 2.21. The van der Waals surface area contributed by atoms with Crippen LogP contribution >= 0.6 is 27.3 Å². The van der Waals surface area contributed by atoms with Crippen LogP contribution in [0.5, 0.6) is 0 Å². The average molecular weight is 216 g/mol. The van der Waals surface area contributed by atoms with Crippen molar-refractivity contribution >= 4 is 27.3 Å². The number of aryl methyl sites for hydroxylation is 1. The van der Waals surface area contributed by atoms with E-state index in [1.54, 1.807) is 11.3 Å². The SMILES string of the molecule is Cc1csc(CC#N)c1Br. The lowest BCUT2D eigenvalue weighted by atomic mass is 10.3. The van der Waals surface area contributed by atoms with Gasteiger partial charge in [0.2, 0.25) is 0 Å². The van der Waals surface area contributed by atoms with E-state index in [0.717, 1.165) is 9.35 Å². The van der Waals surface area contributed by atoms with E-state index in [4.69, 9.17) is 5.26 Å². The molecule has 1 rings (SSSR count). The van der Waals surface area contributed by atoms with Gasteiger partial charge in [-0.25, -0.2) is 0 Å². The molecule has 0 aliphatic rings. The monoisotopic (exact) mass is 215 g/mol. The van der Waals surface area contributed by atoms with E-state index in [0.29, 0.717) is 6.42 Å². The van der Waals surface area contributed by atoms with Crippen LogP contribution in [0.25, 0.3) is 0 Å². The first-order valence-electron chi connectivity index (χ1n) is 2.85. The van der Waals surface area contributed by atoms with Crippen molar-refractivity contribution < 1.29 is 0 Å². The average Bonchev–Trinajstić information content (AvgIpc) is 2.20. The van der Waals surface area contributed by atoms with Crippen molar-refractivity contribution in [3.8, 4) is 6.07 Å². The Morgan fingerprint density at radius 1 is 1.80 bits per heavy atom. The van der Waals surface area contributed by atoms with Gasteiger partial charge in [-0.05, 0) is 33.8 Å². The summed E-state index contributed by atoms with van der Waals surface area (Å²) in [5.74, 6) is 0. The number of nitriles is 1. The molecule has 1 aromatic rings. The summed E-state index contributed by atoms with van der Waals surface area (Å²) in [6, 6.07) is 2.12. The minimum absolute atomic E-state index is 0.513. The van der Waals surface area contributed by atoms with Crippen molar-refractivity contribution in [1.82, 2.24) is 0 Å². The van der Waals surface area contributed by atoms with Crippen molar-refractivity contribution in [3.63, 3.8) is 0 Å². The zero-order chi connectivity index (χ0) is 7.56. The molecule has 0 fully saturated rings. The molecule has 0 aromatic carbocycles. The molecule has 0 N–H and O–H groups in total. The summed E-state index contributed by atoms with van der Waals surface area (Å²) in [6.45, 7) is 2.03. The van der Waals surface area contributed by atoms with Gasteiger partial charge < -0.3 is 0 Å². The second-order valence-electron chi connectivity index (χ2n) is 1.99. The Kier molecular flexibility index (Phi) is 2.47. The van der Waals surface area contributed by atoms with Gasteiger partial charge in [-0.2, -0.15) is 5.26 Å². The molecule has 0 unspecified atom stereocenters. The Morgan fingerprint density at radius 3 is 2.90 bits per heavy atom. The number of hydrogen-bond acceptors (Lipinski definition) is 2. The predicted octanol–water partition coefficient (Wildman–Crippen LogP) is 2.89. The molecule has 0 atom stereocenters. The first kappa shape index (κ1) is 7.77. The van der Waals surface area contributed by atoms with Crippen LogP contribution in [0, 0.1) is 18.3 Å². The van der Waals surface area contributed by atoms with Crippen LogP contribution in [0.1, 0.15) is 10.4 Å². The van der Waals surface area contributed by atoms with Crippen molar-refractivity contribution in [3.05, 3.63) is 20.3 Å². The lowest BCUT2D eigenvalue weighted by Crippen LogP contribution is -1.74. The highest BCUT2D eigenvalue weighted by Gasteiger charge is 2.03. The zero-order valence-electron chi connectivity index (χ0n) is 5.52. The van der Waals surface area contributed by atoms with Crippen LogP contribution < -0.4 is 0 Å². The maximum atomic E-state index is 8.39. The predicted molar refractivity (Wildman–Crippen MR) is 46.1 cm³/mol. The molecule has 0 aliphatic heterocycles. The molecular weight excluding hydrogens is 210 g/mol. The van der Waals surface area contributed by atoms with E-state index < -0.39 is 0 Å². The standard InChI is InChI=1S/C7H6BrNS/c1-5-4-10-6(2-3-9)7(5)8/h4H,2H2,1H3. The fraction of sp³-hybridized carbons (Fsp3) is 0.286. The Bertz CT molecular complexity index is 272. The number of rotatable bonds is 1. The van der Waals surface area contributed by atoms with Gasteiger partial charge in [0, 0.05) is 9.35 Å². The summed E-state index contributed by atoms with van der Waals surface area (Å²) < 4.78 is 1.10. The summed E-state index contributed by atoms with van der Waals surface area (Å²) in [4.78, 5) is 1.13. The quantitative estimate of drug-likeness (QED) is 0.708. The molecule has 0 aliphatic carbocycles. The van der Waals surface area contributed by atoms with E-state index in [1.807, 2.05) is 6.92 Å². The number of nitrogens with zero attached hydrogens (tertiary/aromatic N) is 1. The molecule has 0 radical (unpaired) electrons. The molecule has 52 valence electrons. The van der Waals surface area contributed by atoms with E-state index in [2.05, 4.69) is 27.4 Å². The second kappa shape index (κ2) is 3.18. The molecule has 1 heterocycles. The fourth-order valence-electron chi connectivity index (χ4n) is 0.674. The van der Waals surface area contributed by atoms with Crippen LogP contribution in [0.2, 0.25) is 0 Å². The minimum atomic E-state index is 0.513. The van der Waals surface area contributed by atoms with E-state index in [-0.39, 0.29) is 0 Å².